The molecule has 0 aliphatic rings. The molecule has 0 saturated heterocycles. The predicted octanol–water partition coefficient (Wildman–Crippen LogP) is 2.53. The lowest BCUT2D eigenvalue weighted by molar-refractivity contribution is -0.118. The molecule has 0 radical (unpaired) electrons. The Labute approximate surface area is 102 Å². The fraction of sp³-hybridized carbons (Fsp3) is 0.0833. The molecule has 1 aromatic heterocycles. The van der Waals surface area contributed by atoms with Crippen molar-refractivity contribution in [3.63, 3.8) is 0 Å². The summed E-state index contributed by atoms with van der Waals surface area (Å²) in [6.45, 7) is 0. The van der Waals surface area contributed by atoms with Crippen LogP contribution in [0.25, 0.3) is 0 Å². The number of nitrogens with two attached hydrogens (primary N) is 1. The van der Waals surface area contributed by atoms with Gasteiger partial charge in [0.2, 0.25) is 5.91 Å². The zero-order valence-corrected chi connectivity index (χ0v) is 9.71. The Morgan fingerprint density at radius 3 is 2.65 bits per heavy atom. The topological polar surface area (TPSA) is 55.1 Å². The highest BCUT2D eigenvalue weighted by molar-refractivity contribution is 7.10. The van der Waals surface area contributed by atoms with Gasteiger partial charge in [0.15, 0.2) is 0 Å². The predicted molar refractivity (Wildman–Crippen MR) is 66.3 cm³/mol. The quantitative estimate of drug-likeness (QED) is 0.876. The first kappa shape index (κ1) is 11.6. The molecule has 0 fully saturated rings. The van der Waals surface area contributed by atoms with Crippen LogP contribution in [-0.2, 0) is 4.79 Å². The maximum atomic E-state index is 13.4. The van der Waals surface area contributed by atoms with E-state index in [4.69, 9.17) is 5.73 Å². The van der Waals surface area contributed by atoms with E-state index in [-0.39, 0.29) is 5.69 Å². The van der Waals surface area contributed by atoms with E-state index in [1.807, 2.05) is 11.4 Å². The van der Waals surface area contributed by atoms with Gasteiger partial charge in [-0.15, -0.1) is 11.3 Å². The molecular weight excluding hydrogens is 239 g/mol. The molecule has 5 heteroatoms. The first-order valence-corrected chi connectivity index (χ1v) is 5.90. The molecule has 1 heterocycles. The van der Waals surface area contributed by atoms with Crippen molar-refractivity contribution in [3.05, 3.63) is 52.5 Å². The van der Waals surface area contributed by atoms with Crippen LogP contribution in [-0.4, -0.2) is 5.91 Å². The Morgan fingerprint density at radius 2 is 2.06 bits per heavy atom. The molecule has 0 spiro atoms. The SMILES string of the molecule is NC(=O)C(Nc1ccccc1F)c1cccs1. The molecule has 1 aromatic carbocycles. The second kappa shape index (κ2) is 4.97. The zero-order valence-electron chi connectivity index (χ0n) is 8.89. The Morgan fingerprint density at radius 1 is 1.29 bits per heavy atom. The van der Waals surface area contributed by atoms with E-state index in [0.717, 1.165) is 4.88 Å². The first-order chi connectivity index (χ1) is 8.18. The molecule has 3 N–H and O–H groups in total. The number of benzene rings is 1. The molecule has 3 nitrogen and oxygen atoms in total. The Hall–Kier alpha value is -1.88. The lowest BCUT2D eigenvalue weighted by Gasteiger charge is -2.15. The molecule has 0 aliphatic carbocycles. The maximum Gasteiger partial charge on any atom is 0.245 e. The van der Waals surface area contributed by atoms with E-state index < -0.39 is 17.8 Å². The molecule has 1 atom stereocenters. The summed E-state index contributed by atoms with van der Waals surface area (Å²) in [4.78, 5) is 12.1. The number of carbonyl (C=O) groups is 1. The minimum Gasteiger partial charge on any atom is -0.368 e. The zero-order chi connectivity index (χ0) is 12.3. The average molecular weight is 250 g/mol. The first-order valence-electron chi connectivity index (χ1n) is 5.02. The molecule has 2 aromatic rings. The van der Waals surface area contributed by atoms with Gasteiger partial charge in [-0.1, -0.05) is 18.2 Å². The second-order valence-corrected chi connectivity index (χ2v) is 4.45. The highest BCUT2D eigenvalue weighted by atomic mass is 32.1. The van der Waals surface area contributed by atoms with Crippen LogP contribution in [0, 0.1) is 5.82 Å². The number of hydrogen-bond acceptors (Lipinski definition) is 3. The van der Waals surface area contributed by atoms with Gasteiger partial charge in [-0.2, -0.15) is 0 Å². The molecule has 1 amide bonds. The summed E-state index contributed by atoms with van der Waals surface area (Å²) in [6, 6.07) is 9.08. The van der Waals surface area contributed by atoms with Gasteiger partial charge in [0.25, 0.3) is 0 Å². The van der Waals surface area contributed by atoms with Gasteiger partial charge in [0.1, 0.15) is 11.9 Å². The van der Waals surface area contributed by atoms with Crippen molar-refractivity contribution in [1.29, 1.82) is 0 Å². The Balaban J connectivity index is 2.26. The number of hydrogen-bond donors (Lipinski definition) is 2. The number of para-hydroxylation sites is 1. The number of primary amides is 1. The number of carbonyl (C=O) groups excluding carboxylic acids is 1. The molecule has 0 saturated carbocycles. The maximum absolute atomic E-state index is 13.4. The largest absolute Gasteiger partial charge is 0.368 e. The molecule has 2 rings (SSSR count). The highest BCUT2D eigenvalue weighted by Gasteiger charge is 2.19. The van der Waals surface area contributed by atoms with Crippen molar-refractivity contribution in [2.75, 3.05) is 5.32 Å². The van der Waals surface area contributed by atoms with Gasteiger partial charge in [-0.25, -0.2) is 4.39 Å². The number of thiophene rings is 1. The van der Waals surface area contributed by atoms with E-state index in [9.17, 15) is 9.18 Å². The van der Waals surface area contributed by atoms with Crippen molar-refractivity contribution in [3.8, 4) is 0 Å². The third-order valence-electron chi connectivity index (χ3n) is 2.29. The van der Waals surface area contributed by atoms with Gasteiger partial charge in [0.05, 0.1) is 5.69 Å². The minimum atomic E-state index is -0.702. The van der Waals surface area contributed by atoms with Gasteiger partial charge in [-0.3, -0.25) is 4.79 Å². The molecule has 1 unspecified atom stereocenters. The summed E-state index contributed by atoms with van der Waals surface area (Å²) in [7, 11) is 0. The third kappa shape index (κ3) is 2.62. The smallest absolute Gasteiger partial charge is 0.245 e. The number of anilines is 1. The van der Waals surface area contributed by atoms with Crippen LogP contribution in [0.15, 0.2) is 41.8 Å². The van der Waals surface area contributed by atoms with Crippen molar-refractivity contribution >= 4 is 22.9 Å². The summed E-state index contributed by atoms with van der Waals surface area (Å²) in [5, 5.41) is 4.65. The highest BCUT2D eigenvalue weighted by Crippen LogP contribution is 2.24. The van der Waals surface area contributed by atoms with E-state index in [1.54, 1.807) is 24.3 Å². The summed E-state index contributed by atoms with van der Waals surface area (Å²) < 4.78 is 13.4. The summed E-state index contributed by atoms with van der Waals surface area (Å²) in [5.41, 5.74) is 5.58. The van der Waals surface area contributed by atoms with Gasteiger partial charge < -0.3 is 11.1 Å². The fourth-order valence-corrected chi connectivity index (χ4v) is 2.25. The molecular formula is C12H11FN2OS. The lowest BCUT2D eigenvalue weighted by Crippen LogP contribution is -2.27. The van der Waals surface area contributed by atoms with Crippen LogP contribution >= 0.6 is 11.3 Å². The Kier molecular flexibility index (Phi) is 3.39. The van der Waals surface area contributed by atoms with Gasteiger partial charge in [-0.05, 0) is 23.6 Å². The second-order valence-electron chi connectivity index (χ2n) is 3.47. The minimum absolute atomic E-state index is 0.268. The van der Waals surface area contributed by atoms with Gasteiger partial charge in [0, 0.05) is 4.88 Å². The number of halogens is 1. The molecule has 17 heavy (non-hydrogen) atoms. The van der Waals surface area contributed by atoms with E-state index in [1.165, 1.54) is 17.4 Å². The van der Waals surface area contributed by atoms with Crippen LogP contribution < -0.4 is 11.1 Å². The van der Waals surface area contributed by atoms with Crippen LogP contribution in [0.2, 0.25) is 0 Å². The normalized spacial score (nSPS) is 12.1. The van der Waals surface area contributed by atoms with Crippen molar-refractivity contribution < 1.29 is 9.18 Å². The Bertz CT molecular complexity index is 513. The summed E-state index contributed by atoms with van der Waals surface area (Å²) in [6.07, 6.45) is 0. The van der Waals surface area contributed by atoms with Crippen LogP contribution in [0.4, 0.5) is 10.1 Å². The summed E-state index contributed by atoms with van der Waals surface area (Å²) in [5.74, 6) is -0.939. The monoisotopic (exact) mass is 250 g/mol. The fourth-order valence-electron chi connectivity index (χ4n) is 1.47. The average Bonchev–Trinajstić information content (AvgIpc) is 2.81. The lowest BCUT2D eigenvalue weighted by atomic mass is 10.2. The van der Waals surface area contributed by atoms with Crippen LogP contribution in [0.1, 0.15) is 10.9 Å². The van der Waals surface area contributed by atoms with Crippen molar-refractivity contribution in [2.24, 2.45) is 5.73 Å². The van der Waals surface area contributed by atoms with Crippen molar-refractivity contribution in [1.82, 2.24) is 0 Å². The summed E-state index contributed by atoms with van der Waals surface area (Å²) >= 11 is 1.40. The van der Waals surface area contributed by atoms with Crippen LogP contribution in [0.3, 0.4) is 0 Å². The number of nitrogens with one attached hydrogen (secondary N) is 1. The number of amides is 1. The molecule has 0 bridgehead atoms. The number of rotatable bonds is 4. The third-order valence-corrected chi connectivity index (χ3v) is 3.22. The molecule has 0 aliphatic heterocycles. The molecule has 88 valence electrons. The van der Waals surface area contributed by atoms with E-state index in [0.29, 0.717) is 0 Å². The van der Waals surface area contributed by atoms with Crippen LogP contribution in [0.5, 0.6) is 0 Å². The van der Waals surface area contributed by atoms with E-state index >= 15 is 0 Å². The van der Waals surface area contributed by atoms with Gasteiger partial charge >= 0.3 is 0 Å². The standard InChI is InChI=1S/C12H11FN2OS/c13-8-4-1-2-5-9(8)15-11(12(14)16)10-6-3-7-17-10/h1-7,11,15H,(H2,14,16). The van der Waals surface area contributed by atoms with E-state index in [2.05, 4.69) is 5.32 Å². The van der Waals surface area contributed by atoms with Crippen molar-refractivity contribution in [2.45, 2.75) is 6.04 Å².